The van der Waals surface area contributed by atoms with Gasteiger partial charge in [0.1, 0.15) is 6.61 Å². The van der Waals surface area contributed by atoms with Crippen molar-refractivity contribution in [1.82, 2.24) is 10.6 Å². The van der Waals surface area contributed by atoms with Crippen molar-refractivity contribution in [3.05, 3.63) is 131 Å². The van der Waals surface area contributed by atoms with E-state index in [4.69, 9.17) is 4.74 Å². The van der Waals surface area contributed by atoms with Crippen LogP contribution >= 0.6 is 11.8 Å². The van der Waals surface area contributed by atoms with Crippen molar-refractivity contribution >= 4 is 29.7 Å². The number of carbonyl (C=O) groups is 3. The number of aliphatic hydroxyl groups excluding tert-OH is 2. The van der Waals surface area contributed by atoms with E-state index in [0.29, 0.717) is 0 Å². The summed E-state index contributed by atoms with van der Waals surface area (Å²) in [6, 6.07) is 33.0. The third kappa shape index (κ3) is 7.59. The quantitative estimate of drug-likeness (QED) is 0.158. The second-order valence-electron chi connectivity index (χ2n) is 10.8. The first-order chi connectivity index (χ1) is 22.4. The van der Waals surface area contributed by atoms with Crippen LogP contribution in [0.15, 0.2) is 109 Å². The monoisotopic (exact) mass is 640 g/mol. The van der Waals surface area contributed by atoms with E-state index in [1.165, 1.54) is 11.8 Å². The number of hydrogen-bond donors (Lipinski definition) is 4. The summed E-state index contributed by atoms with van der Waals surface area (Å²) in [7, 11) is 1.12. The zero-order chi connectivity index (χ0) is 32.5. The van der Waals surface area contributed by atoms with Gasteiger partial charge in [0.05, 0.1) is 25.0 Å². The van der Waals surface area contributed by atoms with Gasteiger partial charge in [-0.05, 0) is 33.4 Å². The molecule has 0 aliphatic heterocycles. The molecule has 1 aliphatic carbocycles. The largest absolute Gasteiger partial charge is 0.467 e. The van der Waals surface area contributed by atoms with Crippen molar-refractivity contribution in [2.75, 3.05) is 26.1 Å². The molecule has 3 atom stereocenters. The third-order valence-corrected chi connectivity index (χ3v) is 9.36. The molecule has 5 rings (SSSR count). The lowest BCUT2D eigenvalue weighted by Gasteiger charge is -2.27. The third-order valence-electron chi connectivity index (χ3n) is 7.93. The molecule has 0 radical (unpaired) electrons. The van der Waals surface area contributed by atoms with Gasteiger partial charge in [-0.15, -0.1) is 11.8 Å². The Morgan fingerprint density at radius 3 is 1.83 bits per heavy atom. The fraction of sp³-hybridized carbons (Fsp3) is 0.250. The Labute approximate surface area is 271 Å². The van der Waals surface area contributed by atoms with E-state index in [-0.39, 0.29) is 23.5 Å². The molecule has 46 heavy (non-hydrogen) atoms. The summed E-state index contributed by atoms with van der Waals surface area (Å²) >= 11 is 1.43. The van der Waals surface area contributed by atoms with Crippen LogP contribution in [0.5, 0.6) is 0 Å². The Morgan fingerprint density at radius 2 is 1.30 bits per heavy atom. The molecule has 0 unspecified atom stereocenters. The lowest BCUT2D eigenvalue weighted by molar-refractivity contribution is -0.147. The number of rotatable bonds is 13. The molecule has 0 spiro atoms. The average molecular weight is 641 g/mol. The average Bonchev–Trinajstić information content (AvgIpc) is 3.42. The summed E-state index contributed by atoms with van der Waals surface area (Å²) in [5.41, 5.74) is 6.28. The summed E-state index contributed by atoms with van der Waals surface area (Å²) < 4.78 is 10.3. The van der Waals surface area contributed by atoms with E-state index in [1.807, 2.05) is 109 Å². The number of fused-ring (bicyclic) bond motifs is 3. The number of carbonyl (C=O) groups excluding carboxylic acids is 3. The van der Waals surface area contributed by atoms with Crippen molar-refractivity contribution in [2.24, 2.45) is 0 Å². The van der Waals surface area contributed by atoms with Crippen molar-refractivity contribution in [1.29, 1.82) is 0 Å². The summed E-state index contributed by atoms with van der Waals surface area (Å²) in [5, 5.41) is 25.6. The summed E-state index contributed by atoms with van der Waals surface area (Å²) in [6.45, 7) is -0.679. The molecule has 238 valence electrons. The molecule has 0 saturated carbocycles. The highest BCUT2D eigenvalue weighted by Gasteiger charge is 2.34. The van der Waals surface area contributed by atoms with Gasteiger partial charge in [-0.2, -0.15) is 0 Å². The molecular formula is C36H36N2O7S. The van der Waals surface area contributed by atoms with Crippen LogP contribution in [0.4, 0.5) is 4.79 Å². The van der Waals surface area contributed by atoms with Crippen molar-refractivity contribution < 1.29 is 34.1 Å². The van der Waals surface area contributed by atoms with E-state index in [2.05, 4.69) is 15.4 Å². The number of aliphatic hydroxyl groups is 2. The van der Waals surface area contributed by atoms with E-state index in [1.54, 1.807) is 0 Å². The Bertz CT molecular complexity index is 1550. The van der Waals surface area contributed by atoms with Crippen LogP contribution in [0.25, 0.3) is 11.1 Å². The van der Waals surface area contributed by atoms with Gasteiger partial charge in [0.25, 0.3) is 5.91 Å². The molecule has 0 fully saturated rings. The molecule has 9 nitrogen and oxygen atoms in total. The van der Waals surface area contributed by atoms with Crippen LogP contribution in [0.2, 0.25) is 0 Å². The zero-order valence-electron chi connectivity index (χ0n) is 25.2. The van der Waals surface area contributed by atoms with Crippen LogP contribution in [0.3, 0.4) is 0 Å². The second kappa shape index (κ2) is 15.6. The molecule has 1 aliphatic rings. The van der Waals surface area contributed by atoms with Crippen molar-refractivity contribution in [2.45, 2.75) is 29.4 Å². The number of methoxy groups -OCH3 is 1. The standard InChI is InChI=1S/C36H36N2O7S/c1-44-35(42)30(20-39)37-34(41)32(40)31(22-46-33(23-12-4-2-5-13-23)24-14-6-3-7-15-24)38-36(43)45-21-29-27-18-10-8-16-25(27)26-17-9-11-19-28(26)29/h2-19,29-33,39-40H,20-22H2,1H3,(H,37,41)(H,38,43)/t30-,31-,32+/m0/s1. The number of ether oxygens (including phenoxy) is 2. The fourth-order valence-corrected chi connectivity index (χ4v) is 6.97. The maximum atomic E-state index is 13.3. The SMILES string of the molecule is COC(=O)[C@H](CO)NC(=O)[C@H](O)[C@H](CSC(c1ccccc1)c1ccccc1)NC(=O)OCC1c2ccccc2-c2ccccc21. The highest BCUT2D eigenvalue weighted by molar-refractivity contribution is 7.99. The number of hydrogen-bond acceptors (Lipinski definition) is 8. The van der Waals surface area contributed by atoms with Gasteiger partial charge in [-0.25, -0.2) is 9.59 Å². The molecule has 0 aromatic heterocycles. The minimum absolute atomic E-state index is 0.0492. The Hall–Kier alpha value is -4.64. The molecule has 0 bridgehead atoms. The van der Waals surface area contributed by atoms with Crippen molar-refractivity contribution in [3.8, 4) is 11.1 Å². The minimum Gasteiger partial charge on any atom is -0.467 e. The Balaban J connectivity index is 1.33. The highest BCUT2D eigenvalue weighted by Crippen LogP contribution is 2.44. The van der Waals surface area contributed by atoms with Crippen LogP contribution in [-0.2, 0) is 19.1 Å². The molecule has 10 heteroatoms. The normalized spacial score (nSPS) is 14.0. The highest BCUT2D eigenvalue weighted by atomic mass is 32.2. The van der Waals surface area contributed by atoms with Crippen LogP contribution in [-0.4, -0.2) is 72.4 Å². The van der Waals surface area contributed by atoms with Crippen LogP contribution in [0.1, 0.15) is 33.4 Å². The first-order valence-corrected chi connectivity index (χ1v) is 16.0. The summed E-state index contributed by atoms with van der Waals surface area (Å²) in [4.78, 5) is 38.4. The zero-order valence-corrected chi connectivity index (χ0v) is 26.1. The van der Waals surface area contributed by atoms with E-state index >= 15 is 0 Å². The van der Waals surface area contributed by atoms with Gasteiger partial charge in [0, 0.05) is 11.7 Å². The van der Waals surface area contributed by atoms with Gasteiger partial charge in [0.2, 0.25) is 0 Å². The Morgan fingerprint density at radius 1 is 0.783 bits per heavy atom. The van der Waals surface area contributed by atoms with Crippen molar-refractivity contribution in [3.63, 3.8) is 0 Å². The number of benzene rings is 4. The number of thioether (sulfide) groups is 1. The summed E-state index contributed by atoms with van der Waals surface area (Å²) in [6.07, 6.45) is -2.58. The van der Waals surface area contributed by atoms with Gasteiger partial charge in [0.15, 0.2) is 12.1 Å². The molecule has 2 amide bonds. The molecule has 4 aromatic carbocycles. The van der Waals surface area contributed by atoms with Gasteiger partial charge < -0.3 is 30.3 Å². The first kappa shape index (κ1) is 32.7. The minimum atomic E-state index is -1.78. The van der Waals surface area contributed by atoms with E-state index < -0.39 is 42.8 Å². The molecular weight excluding hydrogens is 604 g/mol. The summed E-state index contributed by atoms with van der Waals surface area (Å²) in [5.74, 6) is -1.89. The fourth-order valence-electron chi connectivity index (χ4n) is 5.60. The van der Waals surface area contributed by atoms with E-state index in [0.717, 1.165) is 40.5 Å². The number of esters is 1. The topological polar surface area (TPSA) is 134 Å². The lowest BCUT2D eigenvalue weighted by Crippen LogP contribution is -2.55. The van der Waals surface area contributed by atoms with Gasteiger partial charge in [-0.3, -0.25) is 4.79 Å². The Kier molecular flexibility index (Phi) is 11.1. The predicted molar refractivity (Wildman–Crippen MR) is 176 cm³/mol. The van der Waals surface area contributed by atoms with Crippen LogP contribution in [0, 0.1) is 0 Å². The molecule has 4 N–H and O–H groups in total. The number of nitrogens with one attached hydrogen (secondary N) is 2. The van der Waals surface area contributed by atoms with Gasteiger partial charge in [-0.1, -0.05) is 109 Å². The molecule has 4 aromatic rings. The molecule has 0 heterocycles. The number of amides is 2. The smallest absolute Gasteiger partial charge is 0.407 e. The number of alkyl carbamates (subject to hydrolysis) is 1. The maximum absolute atomic E-state index is 13.3. The molecule has 0 saturated heterocycles. The van der Waals surface area contributed by atoms with Gasteiger partial charge >= 0.3 is 12.1 Å². The second-order valence-corrected chi connectivity index (χ2v) is 12.0. The maximum Gasteiger partial charge on any atom is 0.407 e. The predicted octanol–water partition coefficient (Wildman–Crippen LogP) is 4.43. The van der Waals surface area contributed by atoms with E-state index in [9.17, 15) is 24.6 Å². The first-order valence-electron chi connectivity index (χ1n) is 14.9. The van der Waals surface area contributed by atoms with Crippen LogP contribution < -0.4 is 10.6 Å². The lowest BCUT2D eigenvalue weighted by atomic mass is 9.98.